The Kier molecular flexibility index (Phi) is 4.31. The van der Waals surface area contributed by atoms with E-state index in [1.807, 2.05) is 13.0 Å². The quantitative estimate of drug-likeness (QED) is 0.865. The van der Waals surface area contributed by atoms with Crippen molar-refractivity contribution in [1.29, 1.82) is 0 Å². The van der Waals surface area contributed by atoms with E-state index in [1.54, 1.807) is 0 Å². The van der Waals surface area contributed by atoms with E-state index in [0.717, 1.165) is 24.5 Å². The van der Waals surface area contributed by atoms with Crippen LogP contribution in [-0.4, -0.2) is 29.2 Å². The standard InChI is InChI=1S/C13H21N3O/c1-3-11-8-13(16-10(2)15-11)17-9-12-6-4-5-7-14-12/h8,12,14H,3-7,9H2,1-2H3. The summed E-state index contributed by atoms with van der Waals surface area (Å²) in [5, 5.41) is 3.46. The molecule has 0 aliphatic carbocycles. The van der Waals surface area contributed by atoms with Crippen LogP contribution in [0.15, 0.2) is 6.07 Å². The Morgan fingerprint density at radius 1 is 1.41 bits per heavy atom. The van der Waals surface area contributed by atoms with Crippen LogP contribution in [0.3, 0.4) is 0 Å². The summed E-state index contributed by atoms with van der Waals surface area (Å²) in [5.41, 5.74) is 1.05. The van der Waals surface area contributed by atoms with Crippen molar-refractivity contribution >= 4 is 0 Å². The van der Waals surface area contributed by atoms with Crippen molar-refractivity contribution in [3.8, 4) is 5.88 Å². The van der Waals surface area contributed by atoms with Crippen LogP contribution in [0.5, 0.6) is 5.88 Å². The largest absolute Gasteiger partial charge is 0.476 e. The van der Waals surface area contributed by atoms with Crippen molar-refractivity contribution in [3.63, 3.8) is 0 Å². The van der Waals surface area contributed by atoms with Crippen LogP contribution in [-0.2, 0) is 6.42 Å². The molecule has 1 fully saturated rings. The third-order valence-electron chi connectivity index (χ3n) is 3.07. The SMILES string of the molecule is CCc1cc(OCC2CCCCN2)nc(C)n1. The Labute approximate surface area is 103 Å². The van der Waals surface area contributed by atoms with Gasteiger partial charge in [-0.15, -0.1) is 0 Å². The molecule has 4 heteroatoms. The van der Waals surface area contributed by atoms with E-state index in [1.165, 1.54) is 19.3 Å². The lowest BCUT2D eigenvalue weighted by Crippen LogP contribution is -2.38. The van der Waals surface area contributed by atoms with Gasteiger partial charge in [-0.1, -0.05) is 13.3 Å². The Bertz CT molecular complexity index is 362. The van der Waals surface area contributed by atoms with E-state index < -0.39 is 0 Å². The molecule has 2 heterocycles. The van der Waals surface area contributed by atoms with Crippen molar-refractivity contribution < 1.29 is 4.74 Å². The molecule has 1 aromatic heterocycles. The molecule has 94 valence electrons. The van der Waals surface area contributed by atoms with Crippen molar-refractivity contribution in [1.82, 2.24) is 15.3 Å². The van der Waals surface area contributed by atoms with Gasteiger partial charge >= 0.3 is 0 Å². The third-order valence-corrected chi connectivity index (χ3v) is 3.07. The highest BCUT2D eigenvalue weighted by Gasteiger charge is 2.13. The number of ether oxygens (including phenoxy) is 1. The molecule has 1 aromatic rings. The van der Waals surface area contributed by atoms with Crippen molar-refractivity contribution in [2.24, 2.45) is 0 Å². The van der Waals surface area contributed by atoms with Gasteiger partial charge in [-0.2, -0.15) is 4.98 Å². The maximum atomic E-state index is 5.76. The zero-order valence-corrected chi connectivity index (χ0v) is 10.7. The molecule has 1 N–H and O–H groups in total. The minimum absolute atomic E-state index is 0.476. The second kappa shape index (κ2) is 5.96. The topological polar surface area (TPSA) is 47.0 Å². The van der Waals surface area contributed by atoms with Crippen molar-refractivity contribution in [2.75, 3.05) is 13.2 Å². The molecule has 0 amide bonds. The molecular formula is C13H21N3O. The first-order chi connectivity index (χ1) is 8.28. The van der Waals surface area contributed by atoms with Crippen LogP contribution in [0.1, 0.15) is 37.7 Å². The molecule has 0 spiro atoms. The first-order valence-electron chi connectivity index (χ1n) is 6.48. The van der Waals surface area contributed by atoms with Crippen LogP contribution < -0.4 is 10.1 Å². The third kappa shape index (κ3) is 3.66. The van der Waals surface area contributed by atoms with Crippen molar-refractivity contribution in [3.05, 3.63) is 17.6 Å². The average Bonchev–Trinajstić information content (AvgIpc) is 2.37. The number of piperidine rings is 1. The second-order valence-corrected chi connectivity index (χ2v) is 4.56. The number of aromatic nitrogens is 2. The van der Waals surface area contributed by atoms with Crippen LogP contribution in [0.2, 0.25) is 0 Å². The number of nitrogens with one attached hydrogen (secondary N) is 1. The first kappa shape index (κ1) is 12.3. The summed E-state index contributed by atoms with van der Waals surface area (Å²) in [6.07, 6.45) is 4.69. The predicted molar refractivity (Wildman–Crippen MR) is 67.3 cm³/mol. The number of hydrogen-bond donors (Lipinski definition) is 1. The lowest BCUT2D eigenvalue weighted by molar-refractivity contribution is 0.231. The Balaban J connectivity index is 1.91. The summed E-state index contributed by atoms with van der Waals surface area (Å²) in [7, 11) is 0. The summed E-state index contributed by atoms with van der Waals surface area (Å²) in [6, 6.07) is 2.42. The number of rotatable bonds is 4. The van der Waals surface area contributed by atoms with Gasteiger partial charge in [-0.05, 0) is 32.7 Å². The van der Waals surface area contributed by atoms with Gasteiger partial charge in [0.15, 0.2) is 0 Å². The minimum atomic E-state index is 0.476. The molecule has 1 unspecified atom stereocenters. The summed E-state index contributed by atoms with van der Waals surface area (Å²) < 4.78 is 5.76. The van der Waals surface area contributed by atoms with Gasteiger partial charge in [0.1, 0.15) is 12.4 Å². The fraction of sp³-hybridized carbons (Fsp3) is 0.692. The lowest BCUT2D eigenvalue weighted by atomic mass is 10.1. The van der Waals surface area contributed by atoms with Gasteiger partial charge in [-0.25, -0.2) is 4.98 Å². The highest BCUT2D eigenvalue weighted by Crippen LogP contribution is 2.12. The van der Waals surface area contributed by atoms with Gasteiger partial charge in [0.2, 0.25) is 5.88 Å². The summed E-state index contributed by atoms with van der Waals surface area (Å²) in [6.45, 7) is 5.82. The van der Waals surface area contributed by atoms with E-state index in [2.05, 4.69) is 22.2 Å². The minimum Gasteiger partial charge on any atom is -0.476 e. The molecule has 1 aliphatic rings. The fourth-order valence-electron chi connectivity index (χ4n) is 2.11. The molecule has 0 aromatic carbocycles. The fourth-order valence-corrected chi connectivity index (χ4v) is 2.11. The van der Waals surface area contributed by atoms with E-state index in [4.69, 9.17) is 4.74 Å². The summed E-state index contributed by atoms with van der Waals surface area (Å²) >= 11 is 0. The summed E-state index contributed by atoms with van der Waals surface area (Å²) in [4.78, 5) is 8.65. The molecule has 2 rings (SSSR count). The van der Waals surface area contributed by atoms with E-state index in [-0.39, 0.29) is 0 Å². The summed E-state index contributed by atoms with van der Waals surface area (Å²) in [5.74, 6) is 1.50. The maximum Gasteiger partial charge on any atom is 0.216 e. The number of hydrogen-bond acceptors (Lipinski definition) is 4. The van der Waals surface area contributed by atoms with Gasteiger partial charge in [0, 0.05) is 17.8 Å². The maximum absolute atomic E-state index is 5.76. The number of nitrogens with zero attached hydrogens (tertiary/aromatic N) is 2. The normalized spacial score (nSPS) is 20.2. The lowest BCUT2D eigenvalue weighted by Gasteiger charge is -2.23. The molecular weight excluding hydrogens is 214 g/mol. The number of aryl methyl sites for hydroxylation is 2. The zero-order chi connectivity index (χ0) is 12.1. The Hall–Kier alpha value is -1.16. The van der Waals surface area contributed by atoms with Gasteiger partial charge in [0.25, 0.3) is 0 Å². The van der Waals surface area contributed by atoms with E-state index >= 15 is 0 Å². The van der Waals surface area contributed by atoms with Gasteiger partial charge < -0.3 is 10.1 Å². The van der Waals surface area contributed by atoms with E-state index in [0.29, 0.717) is 18.5 Å². The van der Waals surface area contributed by atoms with Gasteiger partial charge in [0.05, 0.1) is 0 Å². The van der Waals surface area contributed by atoms with Crippen molar-refractivity contribution in [2.45, 2.75) is 45.6 Å². The van der Waals surface area contributed by atoms with Crippen LogP contribution >= 0.6 is 0 Å². The molecule has 1 aliphatic heterocycles. The molecule has 0 radical (unpaired) electrons. The molecule has 0 bridgehead atoms. The van der Waals surface area contributed by atoms with Crippen LogP contribution in [0, 0.1) is 6.92 Å². The molecule has 17 heavy (non-hydrogen) atoms. The highest BCUT2D eigenvalue weighted by molar-refractivity contribution is 5.16. The molecule has 1 saturated heterocycles. The molecule has 0 saturated carbocycles. The average molecular weight is 235 g/mol. The zero-order valence-electron chi connectivity index (χ0n) is 10.7. The Morgan fingerprint density at radius 3 is 3.00 bits per heavy atom. The first-order valence-corrected chi connectivity index (χ1v) is 6.48. The predicted octanol–water partition coefficient (Wildman–Crippen LogP) is 1.87. The second-order valence-electron chi connectivity index (χ2n) is 4.56. The molecule has 1 atom stereocenters. The highest BCUT2D eigenvalue weighted by atomic mass is 16.5. The molecule has 4 nitrogen and oxygen atoms in total. The smallest absolute Gasteiger partial charge is 0.216 e. The Morgan fingerprint density at radius 2 is 2.29 bits per heavy atom. The van der Waals surface area contributed by atoms with Gasteiger partial charge in [-0.3, -0.25) is 0 Å². The van der Waals surface area contributed by atoms with Crippen LogP contribution in [0.4, 0.5) is 0 Å². The monoisotopic (exact) mass is 235 g/mol. The van der Waals surface area contributed by atoms with E-state index in [9.17, 15) is 0 Å². The van der Waals surface area contributed by atoms with Crippen LogP contribution in [0.25, 0.3) is 0 Å².